The summed E-state index contributed by atoms with van der Waals surface area (Å²) in [6.45, 7) is 4.73. The number of rotatable bonds is 6. The van der Waals surface area contributed by atoms with Crippen molar-refractivity contribution in [2.75, 3.05) is 13.2 Å². The van der Waals surface area contributed by atoms with Crippen LogP contribution in [0.1, 0.15) is 32.1 Å². The maximum Gasteiger partial charge on any atom is 0.221 e. The van der Waals surface area contributed by atoms with Crippen LogP contribution in [0.5, 0.6) is 5.75 Å². The highest BCUT2D eigenvalue weighted by Crippen LogP contribution is 2.31. The largest absolute Gasteiger partial charge is 0.490 e. The van der Waals surface area contributed by atoms with Gasteiger partial charge in [-0.2, -0.15) is 0 Å². The SMILES string of the molecule is CCOc1cccc2cc(C(C)NC(=O)CCN)oc12. The van der Waals surface area contributed by atoms with Crippen molar-refractivity contribution in [3.63, 3.8) is 0 Å². The van der Waals surface area contributed by atoms with Gasteiger partial charge in [-0.3, -0.25) is 4.79 Å². The van der Waals surface area contributed by atoms with Crippen LogP contribution in [0.3, 0.4) is 0 Å². The molecule has 0 radical (unpaired) electrons. The van der Waals surface area contributed by atoms with E-state index in [1.54, 1.807) is 0 Å². The monoisotopic (exact) mass is 276 g/mol. The number of amides is 1. The van der Waals surface area contributed by atoms with E-state index in [9.17, 15) is 4.79 Å². The van der Waals surface area contributed by atoms with Crippen LogP contribution in [0.2, 0.25) is 0 Å². The van der Waals surface area contributed by atoms with Crippen molar-refractivity contribution in [1.82, 2.24) is 5.32 Å². The molecule has 1 unspecified atom stereocenters. The van der Waals surface area contributed by atoms with Crippen LogP contribution in [0.25, 0.3) is 11.0 Å². The Hall–Kier alpha value is -2.01. The third-order valence-electron chi connectivity index (χ3n) is 3.00. The molecule has 5 heteroatoms. The number of nitrogens with two attached hydrogens (primary N) is 1. The third-order valence-corrected chi connectivity index (χ3v) is 3.00. The van der Waals surface area contributed by atoms with Crippen molar-refractivity contribution in [2.45, 2.75) is 26.3 Å². The molecule has 1 aromatic carbocycles. The Morgan fingerprint density at radius 1 is 1.50 bits per heavy atom. The topological polar surface area (TPSA) is 77.5 Å². The summed E-state index contributed by atoms with van der Waals surface area (Å²) in [5.41, 5.74) is 6.07. The minimum Gasteiger partial charge on any atom is -0.490 e. The fourth-order valence-electron chi connectivity index (χ4n) is 2.05. The van der Waals surface area contributed by atoms with E-state index < -0.39 is 0 Å². The van der Waals surface area contributed by atoms with Gasteiger partial charge in [0, 0.05) is 18.4 Å². The van der Waals surface area contributed by atoms with Crippen LogP contribution in [0.4, 0.5) is 0 Å². The van der Waals surface area contributed by atoms with Gasteiger partial charge in [-0.25, -0.2) is 0 Å². The van der Waals surface area contributed by atoms with Crippen molar-refractivity contribution >= 4 is 16.9 Å². The van der Waals surface area contributed by atoms with Crippen LogP contribution >= 0.6 is 0 Å². The lowest BCUT2D eigenvalue weighted by atomic mass is 10.2. The quantitative estimate of drug-likeness (QED) is 0.849. The zero-order chi connectivity index (χ0) is 14.5. The number of para-hydroxylation sites is 1. The van der Waals surface area contributed by atoms with Crippen molar-refractivity contribution in [3.8, 4) is 5.75 Å². The number of carbonyl (C=O) groups is 1. The first-order valence-electron chi connectivity index (χ1n) is 6.80. The van der Waals surface area contributed by atoms with Crippen molar-refractivity contribution < 1.29 is 13.9 Å². The number of furan rings is 1. The van der Waals surface area contributed by atoms with E-state index in [-0.39, 0.29) is 11.9 Å². The standard InChI is InChI=1S/C15H20N2O3/c1-3-19-12-6-4-5-11-9-13(20-15(11)12)10(2)17-14(18)7-8-16/h4-6,9-10H,3,7-8,16H2,1-2H3,(H,17,18). The Labute approximate surface area is 118 Å². The van der Waals surface area contributed by atoms with Crippen LogP contribution in [-0.4, -0.2) is 19.1 Å². The summed E-state index contributed by atoms with van der Waals surface area (Å²) < 4.78 is 11.4. The smallest absolute Gasteiger partial charge is 0.221 e. The minimum absolute atomic E-state index is 0.0783. The highest BCUT2D eigenvalue weighted by Gasteiger charge is 2.15. The number of nitrogens with one attached hydrogen (secondary N) is 1. The molecule has 3 N–H and O–H groups in total. The molecule has 1 atom stereocenters. The van der Waals surface area contributed by atoms with Gasteiger partial charge in [-0.15, -0.1) is 0 Å². The Morgan fingerprint density at radius 2 is 2.30 bits per heavy atom. The molecule has 0 bridgehead atoms. The highest BCUT2D eigenvalue weighted by molar-refractivity contribution is 5.84. The second-order valence-electron chi connectivity index (χ2n) is 4.58. The molecule has 0 aliphatic heterocycles. The van der Waals surface area contributed by atoms with Gasteiger partial charge < -0.3 is 20.2 Å². The van der Waals surface area contributed by atoms with Gasteiger partial charge in [0.25, 0.3) is 0 Å². The summed E-state index contributed by atoms with van der Waals surface area (Å²) in [6.07, 6.45) is 0.314. The fraction of sp³-hybridized carbons (Fsp3) is 0.400. The molecule has 1 aromatic heterocycles. The highest BCUT2D eigenvalue weighted by atomic mass is 16.5. The molecule has 108 valence electrons. The second kappa shape index (κ2) is 6.43. The lowest BCUT2D eigenvalue weighted by Crippen LogP contribution is -2.28. The molecule has 2 rings (SSSR count). The number of ether oxygens (including phenoxy) is 1. The zero-order valence-electron chi connectivity index (χ0n) is 11.8. The summed E-state index contributed by atoms with van der Waals surface area (Å²) in [4.78, 5) is 11.6. The van der Waals surface area contributed by atoms with E-state index in [4.69, 9.17) is 14.9 Å². The Kier molecular flexibility index (Phi) is 4.63. The molecular weight excluding hydrogens is 256 g/mol. The lowest BCUT2D eigenvalue weighted by molar-refractivity contribution is -0.121. The summed E-state index contributed by atoms with van der Waals surface area (Å²) in [5, 5.41) is 3.82. The van der Waals surface area contributed by atoms with Crippen LogP contribution in [0.15, 0.2) is 28.7 Å². The maximum absolute atomic E-state index is 11.6. The molecule has 0 saturated carbocycles. The van der Waals surface area contributed by atoms with Crippen molar-refractivity contribution in [1.29, 1.82) is 0 Å². The molecule has 0 aliphatic carbocycles. The summed E-state index contributed by atoms with van der Waals surface area (Å²) >= 11 is 0. The number of hydrogen-bond donors (Lipinski definition) is 2. The van der Waals surface area contributed by atoms with Crippen LogP contribution in [0, 0.1) is 0 Å². The Bertz CT molecular complexity index is 592. The fourth-order valence-corrected chi connectivity index (χ4v) is 2.05. The second-order valence-corrected chi connectivity index (χ2v) is 4.58. The molecule has 0 aliphatic rings. The molecular formula is C15H20N2O3. The van der Waals surface area contributed by atoms with Gasteiger partial charge in [0.1, 0.15) is 5.76 Å². The predicted octanol–water partition coefficient (Wildman–Crippen LogP) is 2.36. The van der Waals surface area contributed by atoms with Gasteiger partial charge in [0.2, 0.25) is 5.91 Å². The molecule has 1 heterocycles. The number of carbonyl (C=O) groups excluding carboxylic acids is 1. The Morgan fingerprint density at radius 3 is 3.00 bits per heavy atom. The van der Waals surface area contributed by atoms with Gasteiger partial charge >= 0.3 is 0 Å². The Balaban J connectivity index is 2.22. The van der Waals surface area contributed by atoms with E-state index in [1.807, 2.05) is 38.1 Å². The molecule has 0 spiro atoms. The van der Waals surface area contributed by atoms with E-state index in [0.717, 1.165) is 11.1 Å². The average molecular weight is 276 g/mol. The van der Waals surface area contributed by atoms with Gasteiger partial charge in [-0.1, -0.05) is 12.1 Å². The first-order valence-corrected chi connectivity index (χ1v) is 6.80. The van der Waals surface area contributed by atoms with E-state index in [2.05, 4.69) is 5.32 Å². The normalized spacial score (nSPS) is 12.3. The lowest BCUT2D eigenvalue weighted by Gasteiger charge is -2.10. The first kappa shape index (κ1) is 14.4. The van der Waals surface area contributed by atoms with Gasteiger partial charge in [0.15, 0.2) is 11.3 Å². The van der Waals surface area contributed by atoms with Crippen LogP contribution in [-0.2, 0) is 4.79 Å². The third kappa shape index (κ3) is 3.11. The van der Waals surface area contributed by atoms with Gasteiger partial charge in [0.05, 0.1) is 12.6 Å². The molecule has 20 heavy (non-hydrogen) atoms. The summed E-state index contributed by atoms with van der Waals surface area (Å²) in [6, 6.07) is 7.47. The molecule has 0 saturated heterocycles. The maximum atomic E-state index is 11.6. The van der Waals surface area contributed by atoms with Crippen molar-refractivity contribution in [3.05, 3.63) is 30.0 Å². The summed E-state index contributed by atoms with van der Waals surface area (Å²) in [5.74, 6) is 1.35. The van der Waals surface area contributed by atoms with Crippen molar-refractivity contribution in [2.24, 2.45) is 5.73 Å². The molecule has 2 aromatic rings. The van der Waals surface area contributed by atoms with Crippen LogP contribution < -0.4 is 15.8 Å². The number of fused-ring (bicyclic) bond motifs is 1. The van der Waals surface area contributed by atoms with E-state index in [0.29, 0.717) is 30.9 Å². The first-order chi connectivity index (χ1) is 9.65. The minimum atomic E-state index is -0.198. The predicted molar refractivity (Wildman–Crippen MR) is 77.6 cm³/mol. The summed E-state index contributed by atoms with van der Waals surface area (Å²) in [7, 11) is 0. The molecule has 5 nitrogen and oxygen atoms in total. The zero-order valence-corrected chi connectivity index (χ0v) is 11.8. The number of hydrogen-bond acceptors (Lipinski definition) is 4. The number of benzene rings is 1. The van der Waals surface area contributed by atoms with Gasteiger partial charge in [-0.05, 0) is 26.0 Å². The molecule has 1 amide bonds. The van der Waals surface area contributed by atoms with E-state index >= 15 is 0 Å². The van der Waals surface area contributed by atoms with E-state index in [1.165, 1.54) is 0 Å². The average Bonchev–Trinajstić information content (AvgIpc) is 2.84. The molecule has 0 fully saturated rings.